The van der Waals surface area contributed by atoms with Crippen LogP contribution in [0.4, 0.5) is 0 Å². The SMILES string of the molecule is CCc1nn(CC)c(CN2CCCC2(CC)C(=O)O)c1Br. The lowest BCUT2D eigenvalue weighted by molar-refractivity contribution is -0.150. The summed E-state index contributed by atoms with van der Waals surface area (Å²) in [6, 6.07) is 0. The van der Waals surface area contributed by atoms with Crippen molar-refractivity contribution in [1.82, 2.24) is 14.7 Å². The molecule has 1 saturated heterocycles. The van der Waals surface area contributed by atoms with Crippen LogP contribution in [-0.2, 0) is 24.3 Å². The Morgan fingerprint density at radius 3 is 2.67 bits per heavy atom. The van der Waals surface area contributed by atoms with Gasteiger partial charge in [-0.3, -0.25) is 14.4 Å². The Labute approximate surface area is 134 Å². The summed E-state index contributed by atoms with van der Waals surface area (Å²) in [5, 5.41) is 14.3. The van der Waals surface area contributed by atoms with Gasteiger partial charge in [0.25, 0.3) is 0 Å². The van der Waals surface area contributed by atoms with Gasteiger partial charge in [-0.2, -0.15) is 5.10 Å². The van der Waals surface area contributed by atoms with Gasteiger partial charge in [-0.1, -0.05) is 13.8 Å². The summed E-state index contributed by atoms with van der Waals surface area (Å²) in [7, 11) is 0. The molecule has 0 saturated carbocycles. The van der Waals surface area contributed by atoms with Gasteiger partial charge >= 0.3 is 5.97 Å². The number of nitrogens with zero attached hydrogens (tertiary/aromatic N) is 3. The van der Waals surface area contributed by atoms with E-state index in [1.165, 1.54) is 0 Å². The van der Waals surface area contributed by atoms with Crippen LogP contribution in [0.2, 0.25) is 0 Å². The maximum absolute atomic E-state index is 11.8. The number of carboxylic acids is 1. The molecule has 0 spiro atoms. The van der Waals surface area contributed by atoms with Crippen LogP contribution in [0.5, 0.6) is 0 Å². The Hall–Kier alpha value is -0.880. The molecule has 2 rings (SSSR count). The van der Waals surface area contributed by atoms with E-state index in [0.717, 1.165) is 48.2 Å². The van der Waals surface area contributed by atoms with E-state index < -0.39 is 11.5 Å². The number of carbonyl (C=O) groups is 1. The third-order valence-corrected chi connectivity index (χ3v) is 5.56. The van der Waals surface area contributed by atoms with E-state index in [1.54, 1.807) is 0 Å². The Morgan fingerprint density at radius 1 is 1.43 bits per heavy atom. The maximum Gasteiger partial charge on any atom is 0.324 e. The number of halogens is 1. The molecular weight excluding hydrogens is 334 g/mol. The highest BCUT2D eigenvalue weighted by Crippen LogP contribution is 2.35. The van der Waals surface area contributed by atoms with Crippen LogP contribution >= 0.6 is 15.9 Å². The summed E-state index contributed by atoms with van der Waals surface area (Å²) < 4.78 is 3.03. The normalized spacial score (nSPS) is 22.9. The molecule has 1 aliphatic rings. The van der Waals surface area contributed by atoms with E-state index in [9.17, 15) is 9.90 Å². The average Bonchev–Trinajstić information content (AvgIpc) is 3.02. The molecule has 118 valence electrons. The highest BCUT2D eigenvalue weighted by atomic mass is 79.9. The van der Waals surface area contributed by atoms with E-state index >= 15 is 0 Å². The minimum absolute atomic E-state index is 0.640. The van der Waals surface area contributed by atoms with Gasteiger partial charge in [0.2, 0.25) is 0 Å². The van der Waals surface area contributed by atoms with Crippen LogP contribution in [0.3, 0.4) is 0 Å². The van der Waals surface area contributed by atoms with Crippen molar-refractivity contribution in [2.24, 2.45) is 0 Å². The number of hydrogen-bond donors (Lipinski definition) is 1. The summed E-state index contributed by atoms with van der Waals surface area (Å²) in [6.45, 7) is 8.39. The van der Waals surface area contributed by atoms with E-state index in [1.807, 2.05) is 11.6 Å². The smallest absolute Gasteiger partial charge is 0.324 e. The van der Waals surface area contributed by atoms with Crippen molar-refractivity contribution in [1.29, 1.82) is 0 Å². The molecule has 1 aromatic heterocycles. The number of rotatable bonds is 6. The van der Waals surface area contributed by atoms with E-state index in [2.05, 4.69) is 39.8 Å². The summed E-state index contributed by atoms with van der Waals surface area (Å²) >= 11 is 3.65. The monoisotopic (exact) mass is 357 g/mol. The number of likely N-dealkylation sites (tertiary alicyclic amines) is 1. The van der Waals surface area contributed by atoms with Crippen LogP contribution in [0.25, 0.3) is 0 Å². The van der Waals surface area contributed by atoms with Crippen molar-refractivity contribution in [3.8, 4) is 0 Å². The van der Waals surface area contributed by atoms with Gasteiger partial charge in [0.1, 0.15) is 5.54 Å². The second kappa shape index (κ2) is 6.48. The average molecular weight is 358 g/mol. The second-order valence-electron chi connectivity index (χ2n) is 5.59. The van der Waals surface area contributed by atoms with Gasteiger partial charge < -0.3 is 5.11 Å². The van der Waals surface area contributed by atoms with Crippen molar-refractivity contribution in [3.05, 3.63) is 15.9 Å². The molecule has 0 amide bonds. The number of aliphatic carboxylic acids is 1. The zero-order valence-corrected chi connectivity index (χ0v) is 14.6. The first-order valence-corrected chi connectivity index (χ1v) is 8.51. The Bertz CT molecular complexity index is 529. The molecule has 1 N–H and O–H groups in total. The van der Waals surface area contributed by atoms with Crippen molar-refractivity contribution >= 4 is 21.9 Å². The first-order valence-electron chi connectivity index (χ1n) is 7.72. The predicted molar refractivity (Wildman–Crippen MR) is 85.3 cm³/mol. The first kappa shape index (κ1) is 16.5. The lowest BCUT2D eigenvalue weighted by atomic mass is 9.93. The van der Waals surface area contributed by atoms with Crippen molar-refractivity contribution in [3.63, 3.8) is 0 Å². The number of aromatic nitrogens is 2. The summed E-state index contributed by atoms with van der Waals surface area (Å²) in [4.78, 5) is 13.9. The van der Waals surface area contributed by atoms with Crippen LogP contribution in [0, 0.1) is 0 Å². The lowest BCUT2D eigenvalue weighted by Gasteiger charge is -2.34. The Balaban J connectivity index is 2.33. The Kier molecular flexibility index (Phi) is 5.09. The molecule has 0 bridgehead atoms. The summed E-state index contributed by atoms with van der Waals surface area (Å²) in [6.07, 6.45) is 3.19. The standard InChI is InChI=1S/C15H24BrN3O2/c1-4-11-13(16)12(19(6-3)17-11)10-18-9-7-8-15(18,5-2)14(20)21/h4-10H2,1-3H3,(H,20,21). The van der Waals surface area contributed by atoms with Crippen molar-refractivity contribution in [2.45, 2.75) is 65.1 Å². The molecule has 21 heavy (non-hydrogen) atoms. The van der Waals surface area contributed by atoms with Crippen LogP contribution in [0.15, 0.2) is 4.47 Å². The van der Waals surface area contributed by atoms with Crippen LogP contribution in [0.1, 0.15) is 51.4 Å². The third kappa shape index (κ3) is 2.75. The quantitative estimate of drug-likeness (QED) is 0.849. The zero-order valence-electron chi connectivity index (χ0n) is 13.0. The molecule has 0 radical (unpaired) electrons. The molecule has 1 atom stereocenters. The van der Waals surface area contributed by atoms with Gasteiger partial charge in [-0.15, -0.1) is 0 Å². The lowest BCUT2D eigenvalue weighted by Crippen LogP contribution is -2.49. The van der Waals surface area contributed by atoms with Gasteiger partial charge in [-0.25, -0.2) is 0 Å². The topological polar surface area (TPSA) is 58.4 Å². The molecule has 0 aromatic carbocycles. The van der Waals surface area contributed by atoms with Gasteiger partial charge in [-0.05, 0) is 55.1 Å². The van der Waals surface area contributed by atoms with Crippen molar-refractivity contribution in [2.75, 3.05) is 6.54 Å². The molecular formula is C15H24BrN3O2. The molecule has 2 heterocycles. The fraction of sp³-hybridized carbons (Fsp3) is 0.733. The minimum atomic E-state index is -0.714. The molecule has 1 unspecified atom stereocenters. The van der Waals surface area contributed by atoms with Crippen LogP contribution < -0.4 is 0 Å². The molecule has 1 aromatic rings. The van der Waals surface area contributed by atoms with E-state index in [4.69, 9.17) is 0 Å². The highest BCUT2D eigenvalue weighted by molar-refractivity contribution is 9.10. The zero-order chi connectivity index (χ0) is 15.6. The summed E-state index contributed by atoms with van der Waals surface area (Å²) in [5.74, 6) is -0.697. The maximum atomic E-state index is 11.8. The first-order chi connectivity index (χ1) is 10.00. The fourth-order valence-corrected chi connectivity index (χ4v) is 4.00. The molecule has 1 fully saturated rings. The molecule has 6 heteroatoms. The summed E-state index contributed by atoms with van der Waals surface area (Å²) in [5.41, 5.74) is 1.42. The molecule has 1 aliphatic heterocycles. The highest BCUT2D eigenvalue weighted by Gasteiger charge is 2.46. The largest absolute Gasteiger partial charge is 0.480 e. The fourth-order valence-electron chi connectivity index (χ4n) is 3.31. The number of carboxylic acid groups (broad SMARTS) is 1. The number of hydrogen-bond acceptors (Lipinski definition) is 3. The van der Waals surface area contributed by atoms with Gasteiger partial charge in [0, 0.05) is 13.1 Å². The van der Waals surface area contributed by atoms with Crippen LogP contribution in [-0.4, -0.2) is 37.8 Å². The van der Waals surface area contributed by atoms with Crippen molar-refractivity contribution < 1.29 is 9.90 Å². The van der Waals surface area contributed by atoms with Gasteiger partial charge in [0.05, 0.1) is 15.9 Å². The minimum Gasteiger partial charge on any atom is -0.480 e. The number of aryl methyl sites for hydroxylation is 2. The molecule has 0 aliphatic carbocycles. The van der Waals surface area contributed by atoms with E-state index in [0.29, 0.717) is 13.0 Å². The van der Waals surface area contributed by atoms with Gasteiger partial charge in [0.15, 0.2) is 0 Å². The second-order valence-corrected chi connectivity index (χ2v) is 6.39. The Morgan fingerprint density at radius 2 is 2.14 bits per heavy atom. The third-order valence-electron chi connectivity index (χ3n) is 4.64. The molecule has 5 nitrogen and oxygen atoms in total. The predicted octanol–water partition coefficient (Wildman–Crippen LogP) is 3.06. The van der Waals surface area contributed by atoms with E-state index in [-0.39, 0.29) is 0 Å².